The molecule has 0 N–H and O–H groups in total. The lowest BCUT2D eigenvalue weighted by Crippen LogP contribution is -2.53. The van der Waals surface area contributed by atoms with Crippen LogP contribution in [-0.2, 0) is 14.3 Å². The summed E-state index contributed by atoms with van der Waals surface area (Å²) < 4.78 is 13.3. The van der Waals surface area contributed by atoms with E-state index in [0.29, 0.717) is 41.0 Å². The molecule has 3 saturated carbocycles. The van der Waals surface area contributed by atoms with E-state index in [1.54, 1.807) is 0 Å². The summed E-state index contributed by atoms with van der Waals surface area (Å²) in [5.74, 6) is 4.74. The van der Waals surface area contributed by atoms with Crippen molar-refractivity contribution in [2.45, 2.75) is 91.0 Å². The van der Waals surface area contributed by atoms with Crippen LogP contribution in [0, 0.1) is 52.3 Å². The number of fused-ring (bicyclic) bond motifs is 7. The Balaban J connectivity index is 1.28. The summed E-state index contributed by atoms with van der Waals surface area (Å²) in [5, 5.41) is 0. The van der Waals surface area contributed by atoms with Crippen molar-refractivity contribution in [3.63, 3.8) is 0 Å². The van der Waals surface area contributed by atoms with E-state index in [9.17, 15) is 4.79 Å². The minimum atomic E-state index is -0.303. The van der Waals surface area contributed by atoms with E-state index in [1.165, 1.54) is 38.5 Å². The molecule has 0 radical (unpaired) electrons. The molecule has 1 spiro atoms. The lowest BCUT2D eigenvalue weighted by Gasteiger charge is -2.59. The van der Waals surface area contributed by atoms with Crippen molar-refractivity contribution in [3.05, 3.63) is 12.2 Å². The first kappa shape index (κ1) is 20.0. The molecular weight excluding hydrogens is 372 g/mol. The van der Waals surface area contributed by atoms with Gasteiger partial charge in [-0.2, -0.15) is 0 Å². The van der Waals surface area contributed by atoms with Crippen molar-refractivity contribution in [1.29, 1.82) is 0 Å². The zero-order valence-corrected chi connectivity index (χ0v) is 19.4. The van der Waals surface area contributed by atoms with Gasteiger partial charge in [0, 0.05) is 18.8 Å². The summed E-state index contributed by atoms with van der Waals surface area (Å²) in [6.07, 6.45) is 14.1. The molecule has 6 rings (SSSR count). The van der Waals surface area contributed by atoms with Gasteiger partial charge in [0.2, 0.25) is 0 Å². The SMILES string of the molecule is CC1CCC2(OC1)OC1CC3C4CCC5CC(=O)C=CC5(C)C4CCC3(C)C1C2C. The summed E-state index contributed by atoms with van der Waals surface area (Å²) in [4.78, 5) is 12.1. The zero-order chi connectivity index (χ0) is 20.9. The van der Waals surface area contributed by atoms with Gasteiger partial charge in [-0.05, 0) is 90.9 Å². The first-order chi connectivity index (χ1) is 14.3. The highest BCUT2D eigenvalue weighted by Gasteiger charge is 2.68. The topological polar surface area (TPSA) is 35.5 Å². The van der Waals surface area contributed by atoms with Crippen molar-refractivity contribution in [3.8, 4) is 0 Å². The van der Waals surface area contributed by atoms with Crippen molar-refractivity contribution in [2.24, 2.45) is 52.3 Å². The Bertz CT molecular complexity index is 764. The van der Waals surface area contributed by atoms with Crippen LogP contribution in [0.4, 0.5) is 0 Å². The molecule has 3 nitrogen and oxygen atoms in total. The Morgan fingerprint density at radius 3 is 2.63 bits per heavy atom. The molecule has 0 aromatic rings. The fourth-order valence-electron chi connectivity index (χ4n) is 9.65. The average Bonchev–Trinajstić information content (AvgIpc) is 3.16. The van der Waals surface area contributed by atoms with E-state index in [4.69, 9.17) is 9.47 Å². The smallest absolute Gasteiger partial charge is 0.171 e. The summed E-state index contributed by atoms with van der Waals surface area (Å²) in [6, 6.07) is 0. The molecule has 0 bridgehead atoms. The van der Waals surface area contributed by atoms with Crippen LogP contribution in [-0.4, -0.2) is 24.3 Å². The third kappa shape index (κ3) is 2.48. The first-order valence-corrected chi connectivity index (χ1v) is 12.8. The number of carbonyl (C=O) groups is 1. The highest BCUT2D eigenvalue weighted by molar-refractivity contribution is 5.91. The van der Waals surface area contributed by atoms with Gasteiger partial charge in [0.05, 0.1) is 12.7 Å². The number of ether oxygens (including phenoxy) is 2. The second-order valence-electron chi connectivity index (χ2n) is 12.5. The Labute approximate surface area is 182 Å². The van der Waals surface area contributed by atoms with Crippen molar-refractivity contribution in [1.82, 2.24) is 0 Å². The van der Waals surface area contributed by atoms with Gasteiger partial charge in [-0.15, -0.1) is 0 Å². The quantitative estimate of drug-likeness (QED) is 0.506. The average molecular weight is 413 g/mol. The van der Waals surface area contributed by atoms with Gasteiger partial charge in [0.25, 0.3) is 0 Å². The lowest BCUT2D eigenvalue weighted by atomic mass is 9.45. The predicted octanol–water partition coefficient (Wildman–Crippen LogP) is 5.78. The maximum atomic E-state index is 12.1. The van der Waals surface area contributed by atoms with Crippen LogP contribution >= 0.6 is 0 Å². The monoisotopic (exact) mass is 412 g/mol. The Morgan fingerprint density at radius 1 is 1.03 bits per heavy atom. The van der Waals surface area contributed by atoms with Crippen molar-refractivity contribution < 1.29 is 14.3 Å². The standard InChI is InChI=1S/C27H40O3/c1-16-7-12-27(29-15-16)17(2)24-23(30-27)14-22-20-6-5-18-13-19(28)8-10-25(18,3)21(20)9-11-26(22,24)4/h8,10,16-18,20-24H,5-7,9,11-15H2,1-4H3. The van der Waals surface area contributed by atoms with Gasteiger partial charge in [-0.1, -0.05) is 33.8 Å². The van der Waals surface area contributed by atoms with E-state index < -0.39 is 0 Å². The summed E-state index contributed by atoms with van der Waals surface area (Å²) >= 11 is 0. The van der Waals surface area contributed by atoms with Crippen LogP contribution in [0.3, 0.4) is 0 Å². The second-order valence-corrected chi connectivity index (χ2v) is 12.5. The molecule has 0 amide bonds. The number of carbonyl (C=O) groups excluding carboxylic acids is 1. The third-order valence-corrected chi connectivity index (χ3v) is 11.3. The Kier molecular flexibility index (Phi) is 4.29. The van der Waals surface area contributed by atoms with Crippen LogP contribution in [0.25, 0.3) is 0 Å². The highest BCUT2D eigenvalue weighted by atomic mass is 16.7. The fourth-order valence-corrected chi connectivity index (χ4v) is 9.65. The van der Waals surface area contributed by atoms with Crippen LogP contribution < -0.4 is 0 Å². The minimum absolute atomic E-state index is 0.228. The summed E-state index contributed by atoms with van der Waals surface area (Å²) in [6.45, 7) is 10.7. The largest absolute Gasteiger partial charge is 0.349 e. The molecule has 6 aliphatic rings. The molecule has 3 heteroatoms. The number of hydrogen-bond donors (Lipinski definition) is 0. The van der Waals surface area contributed by atoms with E-state index >= 15 is 0 Å². The molecule has 2 aliphatic heterocycles. The van der Waals surface area contributed by atoms with Gasteiger partial charge in [-0.3, -0.25) is 4.79 Å². The number of rotatable bonds is 0. The maximum absolute atomic E-state index is 12.1. The van der Waals surface area contributed by atoms with E-state index in [-0.39, 0.29) is 11.2 Å². The second kappa shape index (κ2) is 6.44. The van der Waals surface area contributed by atoms with E-state index in [1.807, 2.05) is 6.08 Å². The molecule has 5 fully saturated rings. The van der Waals surface area contributed by atoms with Crippen molar-refractivity contribution in [2.75, 3.05) is 6.61 Å². The van der Waals surface area contributed by atoms with Gasteiger partial charge in [-0.25, -0.2) is 0 Å². The Hall–Kier alpha value is -0.670. The van der Waals surface area contributed by atoms with Gasteiger partial charge in [0.15, 0.2) is 11.6 Å². The predicted molar refractivity (Wildman–Crippen MR) is 117 cm³/mol. The molecule has 2 saturated heterocycles. The molecule has 166 valence electrons. The molecular formula is C27H40O3. The lowest BCUT2D eigenvalue weighted by molar-refractivity contribution is -0.272. The fraction of sp³-hybridized carbons (Fsp3) is 0.889. The molecule has 2 heterocycles. The maximum Gasteiger partial charge on any atom is 0.171 e. The first-order valence-electron chi connectivity index (χ1n) is 12.8. The number of ketones is 1. The molecule has 11 unspecified atom stereocenters. The van der Waals surface area contributed by atoms with E-state index in [0.717, 1.165) is 37.2 Å². The Morgan fingerprint density at radius 2 is 1.87 bits per heavy atom. The third-order valence-electron chi connectivity index (χ3n) is 11.3. The van der Waals surface area contributed by atoms with Crippen LogP contribution in [0.1, 0.15) is 79.1 Å². The van der Waals surface area contributed by atoms with Crippen LogP contribution in [0.2, 0.25) is 0 Å². The van der Waals surface area contributed by atoms with Gasteiger partial charge >= 0.3 is 0 Å². The molecule has 11 atom stereocenters. The summed E-state index contributed by atoms with van der Waals surface area (Å²) in [5.41, 5.74) is 0.616. The number of hydrogen-bond acceptors (Lipinski definition) is 3. The molecule has 30 heavy (non-hydrogen) atoms. The van der Waals surface area contributed by atoms with Gasteiger partial charge in [0.1, 0.15) is 0 Å². The number of allylic oxidation sites excluding steroid dienone is 2. The van der Waals surface area contributed by atoms with Crippen LogP contribution in [0.15, 0.2) is 12.2 Å². The van der Waals surface area contributed by atoms with E-state index in [2.05, 4.69) is 33.8 Å². The molecule has 0 aromatic carbocycles. The van der Waals surface area contributed by atoms with Crippen molar-refractivity contribution >= 4 is 5.78 Å². The van der Waals surface area contributed by atoms with Gasteiger partial charge < -0.3 is 9.47 Å². The highest BCUT2D eigenvalue weighted by Crippen LogP contribution is 2.70. The van der Waals surface area contributed by atoms with Crippen LogP contribution in [0.5, 0.6) is 0 Å². The zero-order valence-electron chi connectivity index (χ0n) is 19.4. The molecule has 4 aliphatic carbocycles. The minimum Gasteiger partial charge on any atom is -0.349 e. The molecule has 0 aromatic heterocycles. The normalized spacial score (nSPS) is 59.5. The summed E-state index contributed by atoms with van der Waals surface area (Å²) in [7, 11) is 0.